The summed E-state index contributed by atoms with van der Waals surface area (Å²) in [6.45, 7) is 6.72. The Morgan fingerprint density at radius 2 is 2.02 bits per heavy atom. The number of carbonyl (C=O) groups is 1. The van der Waals surface area contributed by atoms with E-state index in [-0.39, 0.29) is 45.5 Å². The van der Waals surface area contributed by atoms with Gasteiger partial charge in [0.15, 0.2) is 5.65 Å². The normalized spacial score (nSPS) is 17.3. The van der Waals surface area contributed by atoms with Crippen LogP contribution in [0.25, 0.3) is 28.0 Å². The van der Waals surface area contributed by atoms with Crippen LogP contribution < -0.4 is 10.6 Å². The molecule has 11 heteroatoms. The van der Waals surface area contributed by atoms with E-state index in [4.69, 9.17) is 16.6 Å². The van der Waals surface area contributed by atoms with Gasteiger partial charge in [0.05, 0.1) is 27.4 Å². The number of halogens is 2. The van der Waals surface area contributed by atoms with Crippen molar-refractivity contribution < 1.29 is 14.3 Å². The molecule has 40 heavy (non-hydrogen) atoms. The Morgan fingerprint density at radius 1 is 1.23 bits per heavy atom. The minimum atomic E-state index is -0.676. The number of aromatic hydroxyl groups is 1. The standard InChI is InChI=1S/C29H26ClFN6O3/c1-3-24(39)35-11-12-36(16(2)15-35)27-25-19(30)13-21(26-20(31)5-4-6-23(26)38)33-28(25)37(29(40)34-27)22-9-10-32-14-18(22)17-7-8-17/h3-6,9-10,13-14,16-17,38H,1,7-8,11-12,15H2,2H3/t16-/m0/s1. The van der Waals surface area contributed by atoms with Gasteiger partial charge in [-0.2, -0.15) is 4.98 Å². The van der Waals surface area contributed by atoms with Crippen molar-refractivity contribution in [3.63, 3.8) is 0 Å². The lowest BCUT2D eigenvalue weighted by molar-refractivity contribution is -0.126. The van der Waals surface area contributed by atoms with Crippen molar-refractivity contribution in [2.45, 2.75) is 31.7 Å². The van der Waals surface area contributed by atoms with Crippen molar-refractivity contribution in [2.75, 3.05) is 24.5 Å². The van der Waals surface area contributed by atoms with Gasteiger partial charge >= 0.3 is 5.69 Å². The second kappa shape index (κ2) is 10.0. The molecule has 1 saturated heterocycles. The molecule has 1 amide bonds. The van der Waals surface area contributed by atoms with E-state index in [1.807, 2.05) is 11.8 Å². The van der Waals surface area contributed by atoms with Crippen LogP contribution in [0.4, 0.5) is 10.2 Å². The van der Waals surface area contributed by atoms with Crippen LogP contribution in [0.5, 0.6) is 5.75 Å². The molecular formula is C29H26ClFN6O3. The molecule has 6 rings (SSSR count). The van der Waals surface area contributed by atoms with Crippen LogP contribution in [0.2, 0.25) is 5.02 Å². The van der Waals surface area contributed by atoms with Gasteiger partial charge in [0, 0.05) is 38.1 Å². The molecule has 1 saturated carbocycles. The lowest BCUT2D eigenvalue weighted by Crippen LogP contribution is -2.54. The van der Waals surface area contributed by atoms with Crippen LogP contribution in [0, 0.1) is 5.82 Å². The van der Waals surface area contributed by atoms with E-state index >= 15 is 0 Å². The number of benzene rings is 1. The van der Waals surface area contributed by atoms with E-state index in [0.717, 1.165) is 18.4 Å². The Balaban J connectivity index is 1.61. The minimum absolute atomic E-state index is 0.0786. The maximum atomic E-state index is 14.9. The summed E-state index contributed by atoms with van der Waals surface area (Å²) in [5.74, 6) is -0.553. The number of nitrogens with zero attached hydrogens (tertiary/aromatic N) is 6. The lowest BCUT2D eigenvalue weighted by atomic mass is 10.1. The molecule has 204 valence electrons. The van der Waals surface area contributed by atoms with Gasteiger partial charge in [-0.25, -0.2) is 18.7 Å². The first-order valence-corrected chi connectivity index (χ1v) is 13.4. The number of rotatable bonds is 5. The Morgan fingerprint density at radius 3 is 2.73 bits per heavy atom. The largest absolute Gasteiger partial charge is 0.507 e. The Hall–Kier alpha value is -4.31. The third-order valence-corrected chi connectivity index (χ3v) is 7.80. The molecule has 1 aliphatic heterocycles. The predicted octanol–water partition coefficient (Wildman–Crippen LogP) is 4.44. The van der Waals surface area contributed by atoms with E-state index in [2.05, 4.69) is 16.5 Å². The smallest absolute Gasteiger partial charge is 0.355 e. The molecule has 1 aromatic carbocycles. The SMILES string of the molecule is C=CC(=O)N1CCN(c2nc(=O)n(-c3ccncc3C3CC3)c3nc(-c4c(O)cccc4F)cc(Cl)c23)[C@@H](C)C1. The van der Waals surface area contributed by atoms with Crippen LogP contribution in [0.15, 0.2) is 60.2 Å². The number of amides is 1. The number of carbonyl (C=O) groups excluding carboxylic acids is 1. The van der Waals surface area contributed by atoms with Crippen LogP contribution in [0.3, 0.4) is 0 Å². The fourth-order valence-electron chi connectivity index (χ4n) is 5.39. The quantitative estimate of drug-likeness (QED) is 0.360. The molecule has 1 atom stereocenters. The number of phenolic OH excluding ortho intramolecular Hbond substituents is 1. The molecule has 0 unspecified atom stereocenters. The molecular weight excluding hydrogens is 535 g/mol. The minimum Gasteiger partial charge on any atom is -0.507 e. The number of aromatic nitrogens is 4. The maximum Gasteiger partial charge on any atom is 0.355 e. The average molecular weight is 561 g/mol. The number of hydrogen-bond donors (Lipinski definition) is 1. The van der Waals surface area contributed by atoms with Gasteiger partial charge in [-0.3, -0.25) is 9.78 Å². The van der Waals surface area contributed by atoms with Gasteiger partial charge in [-0.05, 0) is 61.6 Å². The number of pyridine rings is 2. The van der Waals surface area contributed by atoms with Crippen LogP contribution in [-0.2, 0) is 4.79 Å². The van der Waals surface area contributed by atoms with E-state index in [0.29, 0.717) is 36.5 Å². The number of anilines is 1. The summed E-state index contributed by atoms with van der Waals surface area (Å²) in [5, 5.41) is 11.1. The third kappa shape index (κ3) is 4.38. The van der Waals surface area contributed by atoms with Crippen molar-refractivity contribution in [3.05, 3.63) is 82.3 Å². The Kier molecular flexibility index (Phi) is 6.50. The molecule has 2 fully saturated rings. The fourth-order valence-corrected chi connectivity index (χ4v) is 5.66. The van der Waals surface area contributed by atoms with Crippen LogP contribution in [0.1, 0.15) is 31.2 Å². The van der Waals surface area contributed by atoms with Gasteiger partial charge in [0.2, 0.25) is 5.91 Å². The molecule has 0 spiro atoms. The van der Waals surface area contributed by atoms with Crippen molar-refractivity contribution >= 4 is 34.4 Å². The number of fused-ring (bicyclic) bond motifs is 1. The summed E-state index contributed by atoms with van der Waals surface area (Å²) >= 11 is 6.90. The highest BCUT2D eigenvalue weighted by Crippen LogP contribution is 2.43. The summed E-state index contributed by atoms with van der Waals surface area (Å²) in [7, 11) is 0. The van der Waals surface area contributed by atoms with Crippen molar-refractivity contribution in [3.8, 4) is 22.7 Å². The van der Waals surface area contributed by atoms with E-state index in [1.54, 1.807) is 23.4 Å². The maximum absolute atomic E-state index is 14.9. The summed E-state index contributed by atoms with van der Waals surface area (Å²) < 4.78 is 16.3. The van der Waals surface area contributed by atoms with Crippen molar-refractivity contribution in [1.29, 1.82) is 0 Å². The van der Waals surface area contributed by atoms with Crippen molar-refractivity contribution in [1.82, 2.24) is 24.4 Å². The van der Waals surface area contributed by atoms with Gasteiger partial charge in [-0.1, -0.05) is 24.2 Å². The number of piperazine rings is 1. The molecule has 0 bridgehead atoms. The molecule has 0 radical (unpaired) electrons. The van der Waals surface area contributed by atoms with Gasteiger partial charge < -0.3 is 14.9 Å². The summed E-state index contributed by atoms with van der Waals surface area (Å²) in [6, 6.07) is 6.99. The fraction of sp³-hybridized carbons (Fsp3) is 0.276. The van der Waals surface area contributed by atoms with Crippen LogP contribution in [-0.4, -0.2) is 61.1 Å². The molecule has 4 heterocycles. The molecule has 3 aromatic heterocycles. The number of phenols is 1. The molecule has 2 aliphatic rings. The molecule has 4 aromatic rings. The first-order chi connectivity index (χ1) is 19.3. The highest BCUT2D eigenvalue weighted by Gasteiger charge is 2.32. The molecule has 9 nitrogen and oxygen atoms in total. The van der Waals surface area contributed by atoms with Crippen molar-refractivity contribution in [2.24, 2.45) is 0 Å². The Labute approximate surface area is 234 Å². The van der Waals surface area contributed by atoms with E-state index in [9.17, 15) is 19.1 Å². The summed E-state index contributed by atoms with van der Waals surface area (Å²) in [6.07, 6.45) is 6.57. The van der Waals surface area contributed by atoms with E-state index in [1.165, 1.54) is 34.9 Å². The summed E-state index contributed by atoms with van der Waals surface area (Å²) in [4.78, 5) is 43.2. The Bertz CT molecular complexity index is 1720. The third-order valence-electron chi connectivity index (χ3n) is 7.50. The zero-order valence-corrected chi connectivity index (χ0v) is 22.5. The first-order valence-electron chi connectivity index (χ1n) is 13.0. The van der Waals surface area contributed by atoms with Gasteiger partial charge in [0.25, 0.3) is 0 Å². The van der Waals surface area contributed by atoms with Gasteiger partial charge in [-0.15, -0.1) is 0 Å². The van der Waals surface area contributed by atoms with E-state index < -0.39 is 11.5 Å². The first kappa shape index (κ1) is 25.9. The molecule has 1 aliphatic carbocycles. The van der Waals surface area contributed by atoms with Crippen LogP contribution >= 0.6 is 11.6 Å². The zero-order chi connectivity index (χ0) is 28.1. The lowest BCUT2D eigenvalue weighted by Gasteiger charge is -2.40. The number of hydrogen-bond acceptors (Lipinski definition) is 7. The highest BCUT2D eigenvalue weighted by molar-refractivity contribution is 6.36. The molecule has 1 N–H and O–H groups in total. The summed E-state index contributed by atoms with van der Waals surface area (Å²) in [5.41, 5.74) is 1.04. The zero-order valence-electron chi connectivity index (χ0n) is 21.7. The monoisotopic (exact) mass is 560 g/mol. The average Bonchev–Trinajstić information content (AvgIpc) is 3.78. The second-order valence-electron chi connectivity index (χ2n) is 10.1. The van der Waals surface area contributed by atoms with Gasteiger partial charge in [0.1, 0.15) is 17.4 Å². The highest BCUT2D eigenvalue weighted by atomic mass is 35.5. The topological polar surface area (TPSA) is 104 Å². The second-order valence-corrected chi connectivity index (χ2v) is 10.5. The predicted molar refractivity (Wildman–Crippen MR) is 151 cm³/mol.